The lowest BCUT2D eigenvalue weighted by Crippen LogP contribution is -2.33. The van der Waals surface area contributed by atoms with Crippen LogP contribution in [0.2, 0.25) is 0 Å². The third-order valence-corrected chi connectivity index (χ3v) is 2.54. The predicted octanol–water partition coefficient (Wildman–Crippen LogP) is 2.06. The van der Waals surface area contributed by atoms with Crippen LogP contribution in [0, 0.1) is 5.92 Å². The third-order valence-electron chi connectivity index (χ3n) is 2.54. The summed E-state index contributed by atoms with van der Waals surface area (Å²) < 4.78 is 0. The first kappa shape index (κ1) is 14.4. The Morgan fingerprint density at radius 2 is 1.73 bits per heavy atom. The first-order valence-corrected chi connectivity index (χ1v) is 6.15. The first-order valence-electron chi connectivity index (χ1n) is 6.15. The normalized spacial score (nSPS) is 12.9. The van der Waals surface area contributed by atoms with Crippen molar-refractivity contribution >= 4 is 5.91 Å². The molecular weight excluding hydrogens is 188 g/mol. The second kappa shape index (κ2) is 8.72. The molecule has 0 aliphatic heterocycles. The Morgan fingerprint density at radius 1 is 1.20 bits per heavy atom. The average molecular weight is 214 g/mol. The summed E-state index contributed by atoms with van der Waals surface area (Å²) in [4.78, 5) is 11.8. The second-order valence-corrected chi connectivity index (χ2v) is 4.33. The molecule has 3 N–H and O–H groups in total. The van der Waals surface area contributed by atoms with Gasteiger partial charge < -0.3 is 11.1 Å². The number of nitrogens with one attached hydrogen (secondary N) is 1. The molecule has 1 amide bonds. The van der Waals surface area contributed by atoms with Crippen molar-refractivity contribution in [1.82, 2.24) is 5.32 Å². The summed E-state index contributed by atoms with van der Waals surface area (Å²) in [5, 5.41) is 2.96. The van der Waals surface area contributed by atoms with E-state index in [0.717, 1.165) is 32.1 Å². The molecular formula is C12H26N2O. The van der Waals surface area contributed by atoms with Crippen LogP contribution in [-0.4, -0.2) is 18.5 Å². The third kappa shape index (κ3) is 7.37. The molecule has 0 aromatic heterocycles. The number of carbonyl (C=O) groups excluding carboxylic acids is 1. The van der Waals surface area contributed by atoms with Gasteiger partial charge in [-0.15, -0.1) is 0 Å². The summed E-state index contributed by atoms with van der Waals surface area (Å²) in [6.45, 7) is 6.91. The van der Waals surface area contributed by atoms with Crippen LogP contribution in [0.1, 0.15) is 52.9 Å². The van der Waals surface area contributed by atoms with E-state index in [-0.39, 0.29) is 17.9 Å². The van der Waals surface area contributed by atoms with Crippen molar-refractivity contribution in [3.8, 4) is 0 Å². The SMILES string of the molecule is CCCC(CCC)C(=O)NCCC(C)N. The topological polar surface area (TPSA) is 55.1 Å². The number of carbonyl (C=O) groups is 1. The van der Waals surface area contributed by atoms with Crippen LogP contribution in [-0.2, 0) is 4.79 Å². The summed E-state index contributed by atoms with van der Waals surface area (Å²) in [7, 11) is 0. The van der Waals surface area contributed by atoms with Crippen molar-refractivity contribution in [2.45, 2.75) is 58.9 Å². The Labute approximate surface area is 93.8 Å². The Balaban J connectivity index is 3.80. The maximum atomic E-state index is 11.8. The Hall–Kier alpha value is -0.570. The fourth-order valence-electron chi connectivity index (χ4n) is 1.67. The maximum Gasteiger partial charge on any atom is 0.223 e. The van der Waals surface area contributed by atoms with Gasteiger partial charge >= 0.3 is 0 Å². The van der Waals surface area contributed by atoms with Gasteiger partial charge in [0.15, 0.2) is 0 Å². The van der Waals surface area contributed by atoms with E-state index < -0.39 is 0 Å². The lowest BCUT2D eigenvalue weighted by Gasteiger charge is -2.15. The summed E-state index contributed by atoms with van der Waals surface area (Å²) in [5.74, 6) is 0.410. The van der Waals surface area contributed by atoms with E-state index in [0.29, 0.717) is 6.54 Å². The van der Waals surface area contributed by atoms with E-state index in [9.17, 15) is 4.79 Å². The quantitative estimate of drug-likeness (QED) is 0.650. The van der Waals surface area contributed by atoms with Crippen molar-refractivity contribution in [2.75, 3.05) is 6.54 Å². The highest BCUT2D eigenvalue weighted by Crippen LogP contribution is 2.13. The zero-order valence-corrected chi connectivity index (χ0v) is 10.4. The Morgan fingerprint density at radius 3 is 2.13 bits per heavy atom. The largest absolute Gasteiger partial charge is 0.356 e. The van der Waals surface area contributed by atoms with Crippen LogP contribution in [0.25, 0.3) is 0 Å². The molecule has 0 rings (SSSR count). The monoisotopic (exact) mass is 214 g/mol. The van der Waals surface area contributed by atoms with Crippen molar-refractivity contribution in [1.29, 1.82) is 0 Å². The van der Waals surface area contributed by atoms with Gasteiger partial charge in [0.25, 0.3) is 0 Å². The van der Waals surface area contributed by atoms with Crippen LogP contribution in [0.3, 0.4) is 0 Å². The van der Waals surface area contributed by atoms with Gasteiger partial charge in [0, 0.05) is 18.5 Å². The van der Waals surface area contributed by atoms with Crippen LogP contribution < -0.4 is 11.1 Å². The highest BCUT2D eigenvalue weighted by molar-refractivity contribution is 5.78. The van der Waals surface area contributed by atoms with Crippen LogP contribution in [0.15, 0.2) is 0 Å². The molecule has 15 heavy (non-hydrogen) atoms. The first-order chi connectivity index (χ1) is 7.11. The number of hydrogen-bond donors (Lipinski definition) is 2. The van der Waals surface area contributed by atoms with Crippen molar-refractivity contribution in [3.05, 3.63) is 0 Å². The van der Waals surface area contributed by atoms with Gasteiger partial charge in [-0.05, 0) is 26.2 Å². The molecule has 0 spiro atoms. The van der Waals surface area contributed by atoms with Crippen LogP contribution in [0.4, 0.5) is 0 Å². The molecule has 1 unspecified atom stereocenters. The molecule has 0 bridgehead atoms. The molecule has 0 aliphatic rings. The predicted molar refractivity (Wildman–Crippen MR) is 64.6 cm³/mol. The molecule has 0 saturated carbocycles. The lowest BCUT2D eigenvalue weighted by atomic mass is 9.97. The number of amides is 1. The standard InChI is InChI=1S/C12H26N2O/c1-4-6-11(7-5-2)12(15)14-9-8-10(3)13/h10-11H,4-9,13H2,1-3H3,(H,14,15). The lowest BCUT2D eigenvalue weighted by molar-refractivity contribution is -0.125. The van der Waals surface area contributed by atoms with Crippen molar-refractivity contribution < 1.29 is 4.79 Å². The fraction of sp³-hybridized carbons (Fsp3) is 0.917. The number of nitrogens with two attached hydrogens (primary N) is 1. The maximum absolute atomic E-state index is 11.8. The zero-order valence-electron chi connectivity index (χ0n) is 10.4. The fourth-order valence-corrected chi connectivity index (χ4v) is 1.67. The molecule has 0 aliphatic carbocycles. The molecule has 0 aromatic carbocycles. The van der Waals surface area contributed by atoms with Crippen molar-refractivity contribution in [2.24, 2.45) is 11.7 Å². The minimum Gasteiger partial charge on any atom is -0.356 e. The van der Waals surface area contributed by atoms with E-state index in [1.165, 1.54) is 0 Å². The molecule has 0 radical (unpaired) electrons. The summed E-state index contributed by atoms with van der Waals surface area (Å²) in [5.41, 5.74) is 5.62. The summed E-state index contributed by atoms with van der Waals surface area (Å²) >= 11 is 0. The molecule has 0 saturated heterocycles. The minimum absolute atomic E-state index is 0.168. The van der Waals surface area contributed by atoms with Gasteiger partial charge in [-0.1, -0.05) is 26.7 Å². The molecule has 3 heteroatoms. The molecule has 0 fully saturated rings. The van der Waals surface area contributed by atoms with E-state index in [1.54, 1.807) is 0 Å². The second-order valence-electron chi connectivity index (χ2n) is 4.33. The van der Waals surface area contributed by atoms with E-state index >= 15 is 0 Å². The van der Waals surface area contributed by atoms with Gasteiger partial charge in [0.05, 0.1) is 0 Å². The van der Waals surface area contributed by atoms with Crippen LogP contribution >= 0.6 is 0 Å². The summed E-state index contributed by atoms with van der Waals surface area (Å²) in [6.07, 6.45) is 5.00. The van der Waals surface area contributed by atoms with Crippen LogP contribution in [0.5, 0.6) is 0 Å². The van der Waals surface area contributed by atoms with E-state index in [4.69, 9.17) is 5.73 Å². The van der Waals surface area contributed by atoms with Gasteiger partial charge in [0.1, 0.15) is 0 Å². The zero-order chi connectivity index (χ0) is 11.7. The molecule has 0 aromatic rings. The van der Waals surface area contributed by atoms with E-state index in [2.05, 4.69) is 19.2 Å². The molecule has 1 atom stereocenters. The Kier molecular flexibility index (Phi) is 8.38. The highest BCUT2D eigenvalue weighted by atomic mass is 16.1. The molecule has 3 nitrogen and oxygen atoms in total. The van der Waals surface area contributed by atoms with Crippen molar-refractivity contribution in [3.63, 3.8) is 0 Å². The molecule has 90 valence electrons. The minimum atomic E-state index is 0.168. The van der Waals surface area contributed by atoms with Gasteiger partial charge in [0.2, 0.25) is 5.91 Å². The molecule has 0 heterocycles. The van der Waals surface area contributed by atoms with Gasteiger partial charge in [-0.3, -0.25) is 4.79 Å². The average Bonchev–Trinajstić information content (AvgIpc) is 2.16. The van der Waals surface area contributed by atoms with E-state index in [1.807, 2.05) is 6.92 Å². The number of rotatable bonds is 8. The van der Waals surface area contributed by atoms with Gasteiger partial charge in [-0.2, -0.15) is 0 Å². The smallest absolute Gasteiger partial charge is 0.223 e. The highest BCUT2D eigenvalue weighted by Gasteiger charge is 2.15. The summed E-state index contributed by atoms with van der Waals surface area (Å²) in [6, 6.07) is 0.168. The van der Waals surface area contributed by atoms with Gasteiger partial charge in [-0.25, -0.2) is 0 Å². The number of hydrogen-bond acceptors (Lipinski definition) is 2. The Bertz CT molecular complexity index is 163.